The van der Waals surface area contributed by atoms with Crippen LogP contribution >= 0.6 is 23.5 Å². The van der Waals surface area contributed by atoms with Crippen LogP contribution in [0.25, 0.3) is 0 Å². The predicted octanol–water partition coefficient (Wildman–Crippen LogP) is -7.29. The van der Waals surface area contributed by atoms with E-state index in [0.717, 1.165) is 0 Å². The third-order valence-electron chi connectivity index (χ3n) is 3.17. The van der Waals surface area contributed by atoms with Gasteiger partial charge in [-0.3, -0.25) is 0 Å². The molecule has 6 atom stereocenters. The van der Waals surface area contributed by atoms with E-state index >= 15 is 0 Å². The van der Waals surface area contributed by atoms with Crippen molar-refractivity contribution in [3.8, 4) is 0 Å². The molecule has 16 nitrogen and oxygen atoms in total. The third kappa shape index (κ3) is 8.20. The Balaban J connectivity index is 3.34. The summed E-state index contributed by atoms with van der Waals surface area (Å²) in [6.07, 6.45) is -14.6. The molecule has 0 aromatic rings. The number of rotatable bonds is 9. The van der Waals surface area contributed by atoms with Crippen molar-refractivity contribution in [3.63, 3.8) is 0 Å². The number of ether oxygens (including phenoxy) is 1. The van der Waals surface area contributed by atoms with Gasteiger partial charge in [-0.1, -0.05) is 0 Å². The summed E-state index contributed by atoms with van der Waals surface area (Å²) in [7, 11) is -17.9. The molecular formula is C8H14NO15P3-6. The van der Waals surface area contributed by atoms with Crippen molar-refractivity contribution < 1.29 is 71.6 Å². The molecule has 1 saturated carbocycles. The fraction of sp³-hybridized carbons (Fsp3) is 1.00. The SMILES string of the molecule is NCCO[C@@H]1[C@H](O)[C@@H](OP(=O)([O-])[O-])[C@H](OP(=O)([O-])[O-])[C@@H](O)[C@@H]1OP(=O)([O-])[O-]. The number of nitrogens with two attached hydrogens (primary N) is 1. The standard InChI is InChI=1S/C8H20NO15P3/c9-1-2-21-5-3(10)7(23-26(15,16)17)8(24-27(18,19)20)4(11)6(5)22-25(12,13)14/h3-8,10-11H,1-2,9H2,(H2,12,13,14)(H2,15,16,17)(H2,18,19,20)/p-6/t3-,4-,5+,6-,7+,8+/m0/s1. The fourth-order valence-corrected chi connectivity index (χ4v) is 3.99. The van der Waals surface area contributed by atoms with Crippen LogP contribution in [0.5, 0.6) is 0 Å². The third-order valence-corrected chi connectivity index (χ3v) is 4.68. The Labute approximate surface area is 151 Å². The molecule has 0 unspecified atom stereocenters. The Morgan fingerprint density at radius 1 is 0.704 bits per heavy atom. The van der Waals surface area contributed by atoms with Crippen molar-refractivity contribution in [3.05, 3.63) is 0 Å². The molecule has 0 radical (unpaired) electrons. The Morgan fingerprint density at radius 3 is 1.30 bits per heavy atom. The zero-order chi connectivity index (χ0) is 21.2. The lowest BCUT2D eigenvalue weighted by atomic mass is 9.85. The van der Waals surface area contributed by atoms with Crippen LogP contribution in [0.2, 0.25) is 0 Å². The Morgan fingerprint density at radius 2 is 1.00 bits per heavy atom. The first kappa shape index (κ1) is 25.2. The maximum Gasteiger partial charge on any atom is 0.120 e. The molecule has 0 spiro atoms. The zero-order valence-electron chi connectivity index (χ0n) is 13.0. The van der Waals surface area contributed by atoms with Gasteiger partial charge in [-0.05, 0) is 0 Å². The Kier molecular flexibility index (Phi) is 8.70. The molecule has 0 aromatic carbocycles. The van der Waals surface area contributed by atoms with Gasteiger partial charge < -0.3 is 77.3 Å². The van der Waals surface area contributed by atoms with Crippen molar-refractivity contribution in [2.75, 3.05) is 13.2 Å². The summed E-state index contributed by atoms with van der Waals surface area (Å²) < 4.78 is 49.2. The molecule has 27 heavy (non-hydrogen) atoms. The van der Waals surface area contributed by atoms with E-state index in [-0.39, 0.29) is 6.54 Å². The van der Waals surface area contributed by atoms with E-state index in [1.165, 1.54) is 0 Å². The average Bonchev–Trinajstić information content (AvgIpc) is 2.44. The summed E-state index contributed by atoms with van der Waals surface area (Å²) in [5, 5.41) is 20.2. The van der Waals surface area contributed by atoms with Crippen LogP contribution in [0, 0.1) is 0 Å². The number of hydrogen-bond donors (Lipinski definition) is 3. The van der Waals surface area contributed by atoms with E-state index in [2.05, 4.69) is 13.6 Å². The molecule has 0 amide bonds. The highest BCUT2D eigenvalue weighted by molar-refractivity contribution is 7.43. The van der Waals surface area contributed by atoms with Crippen LogP contribution in [0.4, 0.5) is 0 Å². The van der Waals surface area contributed by atoms with Crippen molar-refractivity contribution in [2.24, 2.45) is 5.73 Å². The van der Waals surface area contributed by atoms with E-state index in [4.69, 9.17) is 10.5 Å². The van der Waals surface area contributed by atoms with Crippen LogP contribution in [0.1, 0.15) is 0 Å². The average molecular weight is 457 g/mol. The first-order valence-electron chi connectivity index (χ1n) is 6.85. The molecule has 0 aliphatic heterocycles. The van der Waals surface area contributed by atoms with Gasteiger partial charge in [0.2, 0.25) is 0 Å². The topological polar surface area (TPSA) is 293 Å². The molecule has 0 saturated heterocycles. The first-order chi connectivity index (χ1) is 12.1. The number of hydrogen-bond acceptors (Lipinski definition) is 16. The van der Waals surface area contributed by atoms with Gasteiger partial charge >= 0.3 is 0 Å². The Bertz CT molecular complexity index is 627. The van der Waals surface area contributed by atoms with Crippen molar-refractivity contribution in [2.45, 2.75) is 36.6 Å². The van der Waals surface area contributed by atoms with Gasteiger partial charge in [-0.15, -0.1) is 0 Å². The van der Waals surface area contributed by atoms with E-state index < -0.39 is 66.7 Å². The quantitative estimate of drug-likeness (QED) is 0.271. The van der Waals surface area contributed by atoms with Gasteiger partial charge in [0, 0.05) is 6.54 Å². The minimum absolute atomic E-state index is 0.248. The second-order valence-corrected chi connectivity index (χ2v) is 8.47. The van der Waals surface area contributed by atoms with Crippen LogP contribution in [0.3, 0.4) is 0 Å². The maximum absolute atomic E-state index is 10.9. The van der Waals surface area contributed by atoms with Gasteiger partial charge in [-0.2, -0.15) is 0 Å². The minimum atomic E-state index is -6.01. The minimum Gasteiger partial charge on any atom is -0.790 e. The van der Waals surface area contributed by atoms with Crippen LogP contribution in [0.15, 0.2) is 0 Å². The largest absolute Gasteiger partial charge is 0.790 e. The van der Waals surface area contributed by atoms with E-state index in [1.807, 2.05) is 0 Å². The fourth-order valence-electron chi connectivity index (χ4n) is 2.36. The van der Waals surface area contributed by atoms with Crippen LogP contribution in [-0.2, 0) is 32.0 Å². The summed E-state index contributed by atoms with van der Waals surface area (Å²) in [4.78, 5) is 65.0. The predicted molar refractivity (Wildman–Crippen MR) is 68.2 cm³/mol. The van der Waals surface area contributed by atoms with Gasteiger partial charge in [0.05, 0.1) is 30.1 Å². The Hall–Kier alpha value is 0.170. The van der Waals surface area contributed by atoms with Crippen LogP contribution in [-0.4, -0.2) is 60.0 Å². The highest BCUT2D eigenvalue weighted by atomic mass is 31.2. The van der Waals surface area contributed by atoms with Gasteiger partial charge in [0.15, 0.2) is 0 Å². The van der Waals surface area contributed by atoms with Crippen molar-refractivity contribution in [1.29, 1.82) is 0 Å². The molecule has 1 aliphatic rings. The lowest BCUT2D eigenvalue weighted by Gasteiger charge is -2.52. The number of aliphatic hydroxyl groups excluding tert-OH is 2. The molecule has 162 valence electrons. The van der Waals surface area contributed by atoms with Crippen LogP contribution < -0.4 is 35.1 Å². The summed E-state index contributed by atoms with van der Waals surface area (Å²) in [5.41, 5.74) is 5.14. The number of phosphoric ester groups is 3. The smallest absolute Gasteiger partial charge is 0.120 e. The molecule has 0 heterocycles. The molecular weight excluding hydrogens is 443 g/mol. The molecule has 1 aliphatic carbocycles. The normalized spacial score (nSPS) is 33.2. The summed E-state index contributed by atoms with van der Waals surface area (Å²) >= 11 is 0. The summed E-state index contributed by atoms with van der Waals surface area (Å²) in [5.74, 6) is 0. The maximum atomic E-state index is 10.9. The van der Waals surface area contributed by atoms with Crippen molar-refractivity contribution >= 4 is 23.5 Å². The monoisotopic (exact) mass is 457 g/mol. The highest BCUT2D eigenvalue weighted by Gasteiger charge is 2.53. The first-order valence-corrected chi connectivity index (χ1v) is 11.2. The molecule has 4 N–H and O–H groups in total. The molecule has 1 rings (SSSR count). The lowest BCUT2D eigenvalue weighted by molar-refractivity contribution is -0.372. The lowest BCUT2D eigenvalue weighted by Crippen LogP contribution is -2.66. The van der Waals surface area contributed by atoms with Gasteiger partial charge in [0.25, 0.3) is 0 Å². The highest BCUT2D eigenvalue weighted by Crippen LogP contribution is 2.43. The molecule has 0 bridgehead atoms. The second-order valence-electron chi connectivity index (χ2n) is 5.16. The van der Waals surface area contributed by atoms with Gasteiger partial charge in [0.1, 0.15) is 36.6 Å². The zero-order valence-corrected chi connectivity index (χ0v) is 15.7. The molecule has 19 heteroatoms. The summed E-state index contributed by atoms with van der Waals surface area (Å²) in [6.45, 7) is -0.704. The number of aliphatic hydroxyl groups is 2. The molecule has 0 aromatic heterocycles. The van der Waals surface area contributed by atoms with Crippen molar-refractivity contribution in [1.82, 2.24) is 0 Å². The van der Waals surface area contributed by atoms with E-state index in [1.54, 1.807) is 0 Å². The number of phosphoric acid groups is 3. The summed E-state index contributed by atoms with van der Waals surface area (Å²) in [6, 6.07) is 0. The van der Waals surface area contributed by atoms with E-state index in [0.29, 0.717) is 0 Å². The molecule has 1 fully saturated rings. The second kappa shape index (κ2) is 9.32. The van der Waals surface area contributed by atoms with E-state index in [9.17, 15) is 53.3 Å². The van der Waals surface area contributed by atoms with Gasteiger partial charge in [-0.25, -0.2) is 0 Å².